The van der Waals surface area contributed by atoms with Gasteiger partial charge in [-0.05, 0) is 37.8 Å². The van der Waals surface area contributed by atoms with Gasteiger partial charge >= 0.3 is 0 Å². The Morgan fingerprint density at radius 2 is 2.06 bits per heavy atom. The van der Waals surface area contributed by atoms with E-state index in [-0.39, 0.29) is 13.1 Å². The van der Waals surface area contributed by atoms with Gasteiger partial charge in [0.15, 0.2) is 0 Å². The number of nitrogens with one attached hydrogen (secondary N) is 2. The molecule has 1 saturated carbocycles. The highest BCUT2D eigenvalue weighted by Gasteiger charge is 2.35. The van der Waals surface area contributed by atoms with Crippen molar-refractivity contribution in [2.24, 2.45) is 5.92 Å². The first kappa shape index (κ1) is 24.0. The summed E-state index contributed by atoms with van der Waals surface area (Å²) in [4.78, 5) is 38.5. The van der Waals surface area contributed by atoms with Crippen LogP contribution in [0.5, 0.6) is 11.5 Å². The van der Waals surface area contributed by atoms with Crippen LogP contribution in [-0.4, -0.2) is 87.4 Å². The third-order valence-electron chi connectivity index (χ3n) is 6.71. The van der Waals surface area contributed by atoms with Gasteiger partial charge < -0.3 is 34.9 Å². The number of fused-ring (bicyclic) bond motifs is 1. The monoisotopic (exact) mass is 495 g/mol. The number of aliphatic hydroxyl groups is 2. The molecule has 2 fully saturated rings. The van der Waals surface area contributed by atoms with E-state index in [1.54, 1.807) is 14.0 Å². The average Bonchev–Trinajstić information content (AvgIpc) is 3.55. The van der Waals surface area contributed by atoms with Crippen LogP contribution < -0.4 is 14.8 Å². The Hall–Kier alpha value is -3.70. The molecular weight excluding hydrogens is 466 g/mol. The molecule has 4 N–H and O–H groups in total. The first-order valence-electron chi connectivity index (χ1n) is 11.9. The van der Waals surface area contributed by atoms with Crippen LogP contribution in [0.3, 0.4) is 0 Å². The predicted molar refractivity (Wildman–Crippen MR) is 130 cm³/mol. The van der Waals surface area contributed by atoms with Gasteiger partial charge in [0.2, 0.25) is 5.91 Å². The largest absolute Gasteiger partial charge is 0.497 e. The molecule has 0 spiro atoms. The Labute approximate surface area is 207 Å². The molecule has 3 aromatic rings. The number of hydrogen-bond acceptors (Lipinski definition) is 8. The molecule has 1 saturated heterocycles. The molecular formula is C25H29N5O6. The van der Waals surface area contributed by atoms with Crippen LogP contribution in [0, 0.1) is 12.8 Å². The number of β-amino-alcohol motifs (C(OH)–C–C–N with tert-alkyl or cyclic N) is 1. The molecule has 36 heavy (non-hydrogen) atoms. The zero-order valence-electron chi connectivity index (χ0n) is 20.2. The molecule has 5 rings (SSSR count). The number of aryl methyl sites for hydroxylation is 1. The average molecular weight is 496 g/mol. The summed E-state index contributed by atoms with van der Waals surface area (Å²) in [6, 6.07) is 4.87. The maximum Gasteiger partial charge on any atom is 0.255 e. The number of methoxy groups -OCH3 is 1. The summed E-state index contributed by atoms with van der Waals surface area (Å²) in [6.45, 7) is 1.90. The number of rotatable bonds is 8. The number of aliphatic hydroxyl groups excluding tert-OH is 2. The Balaban J connectivity index is 1.46. The number of amides is 2. The van der Waals surface area contributed by atoms with E-state index in [4.69, 9.17) is 14.6 Å². The minimum atomic E-state index is -0.939. The van der Waals surface area contributed by atoms with Gasteiger partial charge in [-0.3, -0.25) is 9.59 Å². The van der Waals surface area contributed by atoms with Crippen molar-refractivity contribution in [1.29, 1.82) is 0 Å². The quantitative estimate of drug-likeness (QED) is 0.362. The number of hydrogen-bond donors (Lipinski definition) is 4. The van der Waals surface area contributed by atoms with Crippen LogP contribution in [0.15, 0.2) is 24.5 Å². The maximum atomic E-state index is 13.3. The third kappa shape index (κ3) is 4.59. The van der Waals surface area contributed by atoms with Gasteiger partial charge in [-0.2, -0.15) is 0 Å². The van der Waals surface area contributed by atoms with Gasteiger partial charge in [-0.1, -0.05) is 0 Å². The van der Waals surface area contributed by atoms with Crippen molar-refractivity contribution in [3.63, 3.8) is 0 Å². The van der Waals surface area contributed by atoms with Crippen molar-refractivity contribution in [2.75, 3.05) is 33.4 Å². The highest BCUT2D eigenvalue weighted by atomic mass is 16.5. The summed E-state index contributed by atoms with van der Waals surface area (Å²) in [6.07, 6.45) is 2.79. The number of aromatic amines is 1. The van der Waals surface area contributed by atoms with Crippen LogP contribution in [0.25, 0.3) is 22.3 Å². The lowest BCUT2D eigenvalue weighted by molar-refractivity contribution is -0.133. The number of benzene rings is 1. The lowest BCUT2D eigenvalue weighted by Gasteiger charge is -2.16. The number of nitrogens with zero attached hydrogens (tertiary/aromatic N) is 3. The van der Waals surface area contributed by atoms with Crippen molar-refractivity contribution in [1.82, 2.24) is 25.2 Å². The second kappa shape index (κ2) is 9.75. The number of ether oxygens (including phenoxy) is 2. The van der Waals surface area contributed by atoms with Crippen molar-refractivity contribution in [3.05, 3.63) is 35.8 Å². The molecule has 190 valence electrons. The van der Waals surface area contributed by atoms with Crippen LogP contribution >= 0.6 is 0 Å². The van der Waals surface area contributed by atoms with Gasteiger partial charge in [0, 0.05) is 30.4 Å². The third-order valence-corrected chi connectivity index (χ3v) is 6.71. The number of aromatic nitrogens is 3. The molecule has 0 unspecified atom stereocenters. The number of carbonyl (C=O) groups is 2. The Morgan fingerprint density at radius 1 is 1.25 bits per heavy atom. The standard InChI is InChI=1S/C25H29N5O6/c1-13-21(25(34)29-17-8-30(9-18(17)32)20(33)10-31)23-24(28-13)22(26-12-27-23)16-6-5-15(35-2)7-19(16)36-11-14-3-4-14/h5-7,12,14,17-18,28,31-32H,3-4,8-11H2,1-2H3,(H,29,34)/t17-,18-/m1/s1. The van der Waals surface area contributed by atoms with E-state index in [0.29, 0.717) is 52.0 Å². The number of carbonyl (C=O) groups excluding carboxylic acids is 2. The fourth-order valence-corrected chi connectivity index (χ4v) is 4.51. The van der Waals surface area contributed by atoms with E-state index in [0.717, 1.165) is 18.4 Å². The van der Waals surface area contributed by atoms with E-state index in [1.807, 2.05) is 18.2 Å². The Kier molecular flexibility index (Phi) is 6.50. The second-order valence-corrected chi connectivity index (χ2v) is 9.29. The minimum Gasteiger partial charge on any atom is -0.497 e. The van der Waals surface area contributed by atoms with Crippen molar-refractivity contribution in [3.8, 4) is 22.8 Å². The molecule has 0 radical (unpaired) electrons. The highest BCUT2D eigenvalue weighted by molar-refractivity contribution is 6.09. The van der Waals surface area contributed by atoms with Gasteiger partial charge in [0.25, 0.3) is 5.91 Å². The Bertz CT molecular complexity index is 1300. The number of H-pyrrole nitrogens is 1. The van der Waals surface area contributed by atoms with Crippen LogP contribution in [0.2, 0.25) is 0 Å². The summed E-state index contributed by atoms with van der Waals surface area (Å²) in [5.41, 5.74) is 3.30. The van der Waals surface area contributed by atoms with E-state index in [2.05, 4.69) is 20.3 Å². The Morgan fingerprint density at radius 3 is 2.78 bits per heavy atom. The summed E-state index contributed by atoms with van der Waals surface area (Å²) in [5.74, 6) is 0.951. The minimum absolute atomic E-state index is 0.0463. The second-order valence-electron chi connectivity index (χ2n) is 9.29. The van der Waals surface area contributed by atoms with E-state index < -0.39 is 30.6 Å². The SMILES string of the molecule is COc1ccc(-c2ncnc3c(C(=O)N[C@@H]4CN(C(=O)CO)C[C@H]4O)c(C)[nH]c23)c(OCC2CC2)c1. The maximum absolute atomic E-state index is 13.3. The van der Waals surface area contributed by atoms with Crippen LogP contribution in [0.1, 0.15) is 28.9 Å². The molecule has 2 aliphatic rings. The zero-order valence-corrected chi connectivity index (χ0v) is 20.2. The first-order valence-corrected chi connectivity index (χ1v) is 11.9. The first-order chi connectivity index (χ1) is 17.4. The highest BCUT2D eigenvalue weighted by Crippen LogP contribution is 2.38. The van der Waals surface area contributed by atoms with Gasteiger partial charge in [0.05, 0.1) is 36.9 Å². The molecule has 11 nitrogen and oxygen atoms in total. The molecule has 2 atom stereocenters. The van der Waals surface area contributed by atoms with Gasteiger partial charge in [0.1, 0.15) is 35.6 Å². The lowest BCUT2D eigenvalue weighted by Crippen LogP contribution is -2.43. The van der Waals surface area contributed by atoms with Crippen LogP contribution in [0.4, 0.5) is 0 Å². The zero-order chi connectivity index (χ0) is 25.4. The molecule has 11 heteroatoms. The number of likely N-dealkylation sites (tertiary alicyclic amines) is 1. The molecule has 1 aromatic carbocycles. The molecule has 3 heterocycles. The summed E-state index contributed by atoms with van der Waals surface area (Å²) < 4.78 is 11.5. The normalized spacial score (nSPS) is 19.5. The molecule has 2 amide bonds. The van der Waals surface area contributed by atoms with E-state index >= 15 is 0 Å². The van der Waals surface area contributed by atoms with E-state index in [1.165, 1.54) is 11.2 Å². The molecule has 1 aliphatic carbocycles. The fraction of sp³-hybridized carbons (Fsp3) is 0.440. The van der Waals surface area contributed by atoms with Crippen molar-refractivity contribution >= 4 is 22.8 Å². The topological polar surface area (TPSA) is 150 Å². The van der Waals surface area contributed by atoms with Crippen molar-refractivity contribution in [2.45, 2.75) is 31.9 Å². The van der Waals surface area contributed by atoms with Crippen LogP contribution in [-0.2, 0) is 4.79 Å². The fourth-order valence-electron chi connectivity index (χ4n) is 4.51. The van der Waals surface area contributed by atoms with Gasteiger partial charge in [-0.15, -0.1) is 0 Å². The van der Waals surface area contributed by atoms with E-state index in [9.17, 15) is 14.7 Å². The summed E-state index contributed by atoms with van der Waals surface area (Å²) >= 11 is 0. The molecule has 0 bridgehead atoms. The summed E-state index contributed by atoms with van der Waals surface area (Å²) in [7, 11) is 1.60. The molecule has 2 aromatic heterocycles. The predicted octanol–water partition coefficient (Wildman–Crippen LogP) is 1.02. The summed E-state index contributed by atoms with van der Waals surface area (Å²) in [5, 5.41) is 22.2. The smallest absolute Gasteiger partial charge is 0.255 e. The van der Waals surface area contributed by atoms with Gasteiger partial charge in [-0.25, -0.2) is 9.97 Å². The lowest BCUT2D eigenvalue weighted by atomic mass is 10.1. The van der Waals surface area contributed by atoms with Crippen molar-refractivity contribution < 1.29 is 29.3 Å². The molecule has 1 aliphatic heterocycles.